The normalized spacial score (nSPS) is 12.2. The zero-order valence-electron chi connectivity index (χ0n) is 11.0. The maximum absolute atomic E-state index is 11.7. The number of hydrogen-bond acceptors (Lipinski definition) is 5. The molecule has 2 N–H and O–H groups in total. The van der Waals surface area contributed by atoms with Crippen molar-refractivity contribution in [2.24, 2.45) is 0 Å². The Morgan fingerprint density at radius 1 is 1.38 bits per heavy atom. The zero-order valence-corrected chi connectivity index (χ0v) is 11.8. The van der Waals surface area contributed by atoms with Crippen LogP contribution in [0.1, 0.15) is 21.3 Å². The quantitative estimate of drug-likeness (QED) is 0.759. The van der Waals surface area contributed by atoms with Gasteiger partial charge in [0, 0.05) is 22.4 Å². The molecule has 21 heavy (non-hydrogen) atoms. The molecule has 0 aromatic carbocycles. The third kappa shape index (κ3) is 3.07. The minimum absolute atomic E-state index is 0.141. The molecule has 1 atom stereocenters. The van der Waals surface area contributed by atoms with E-state index in [-0.39, 0.29) is 12.5 Å². The van der Waals surface area contributed by atoms with Crippen LogP contribution in [-0.4, -0.2) is 17.6 Å². The summed E-state index contributed by atoms with van der Waals surface area (Å²) in [4.78, 5) is 12.5. The lowest BCUT2D eigenvalue weighted by molar-refractivity contribution is 0.0917. The van der Waals surface area contributed by atoms with Gasteiger partial charge < -0.3 is 19.3 Å². The van der Waals surface area contributed by atoms with Crippen molar-refractivity contribution in [1.82, 2.24) is 5.32 Å². The van der Waals surface area contributed by atoms with E-state index in [2.05, 4.69) is 5.32 Å². The lowest BCUT2D eigenvalue weighted by atomic mass is 10.2. The van der Waals surface area contributed by atoms with Crippen LogP contribution >= 0.6 is 11.3 Å². The minimum Gasteiger partial charge on any atom is -0.472 e. The highest BCUT2D eigenvalue weighted by Crippen LogP contribution is 2.29. The summed E-state index contributed by atoms with van der Waals surface area (Å²) >= 11 is 1.43. The van der Waals surface area contributed by atoms with Gasteiger partial charge in [-0.05, 0) is 24.3 Å². The van der Waals surface area contributed by atoms with Crippen LogP contribution in [0.2, 0.25) is 0 Å². The summed E-state index contributed by atoms with van der Waals surface area (Å²) in [6.45, 7) is 0.141. The van der Waals surface area contributed by atoms with Gasteiger partial charge in [0.25, 0.3) is 5.91 Å². The molecule has 3 aromatic rings. The maximum atomic E-state index is 11.7. The molecule has 1 unspecified atom stereocenters. The number of hydrogen-bond donors (Lipinski definition) is 2. The van der Waals surface area contributed by atoms with Gasteiger partial charge in [-0.1, -0.05) is 0 Å². The molecule has 1 amide bonds. The van der Waals surface area contributed by atoms with E-state index in [9.17, 15) is 9.90 Å². The average Bonchev–Trinajstić information content (AvgIpc) is 3.25. The largest absolute Gasteiger partial charge is 0.472 e. The van der Waals surface area contributed by atoms with Gasteiger partial charge in [0.15, 0.2) is 0 Å². The van der Waals surface area contributed by atoms with Crippen LogP contribution in [0, 0.1) is 0 Å². The Morgan fingerprint density at radius 2 is 2.29 bits per heavy atom. The van der Waals surface area contributed by atoms with Gasteiger partial charge in [-0.15, -0.1) is 11.3 Å². The maximum Gasteiger partial charge on any atom is 0.254 e. The first-order valence-corrected chi connectivity index (χ1v) is 7.23. The van der Waals surface area contributed by atoms with Crippen molar-refractivity contribution >= 4 is 17.2 Å². The molecule has 3 heterocycles. The summed E-state index contributed by atoms with van der Waals surface area (Å²) in [6.07, 6.45) is 3.64. The second-order valence-corrected chi connectivity index (χ2v) is 5.40. The molecular formula is C15H13NO4S. The standard InChI is InChI=1S/C15H13NO4S/c17-12(7-16-15(18)10-3-5-19-8-10)14-6-11(9-21-14)13-2-1-4-20-13/h1-6,8-9,12,17H,7H2,(H,16,18). The zero-order chi connectivity index (χ0) is 14.7. The van der Waals surface area contributed by atoms with Crippen LogP contribution < -0.4 is 5.32 Å². The van der Waals surface area contributed by atoms with E-state index < -0.39 is 6.10 Å². The topological polar surface area (TPSA) is 75.6 Å². The monoisotopic (exact) mass is 303 g/mol. The number of aliphatic hydroxyl groups is 1. The fourth-order valence-electron chi connectivity index (χ4n) is 1.89. The molecule has 0 bridgehead atoms. The second kappa shape index (κ2) is 5.99. The number of rotatable bonds is 5. The first kappa shape index (κ1) is 13.7. The Labute approximate surface area is 124 Å². The van der Waals surface area contributed by atoms with Gasteiger partial charge in [-0.3, -0.25) is 4.79 Å². The summed E-state index contributed by atoms with van der Waals surface area (Å²) in [5, 5.41) is 14.7. The molecule has 5 nitrogen and oxygen atoms in total. The Kier molecular flexibility index (Phi) is 3.89. The highest BCUT2D eigenvalue weighted by molar-refractivity contribution is 7.10. The Morgan fingerprint density at radius 3 is 3.00 bits per heavy atom. The molecule has 0 aliphatic heterocycles. The number of thiophene rings is 1. The van der Waals surface area contributed by atoms with Crippen LogP contribution in [0.5, 0.6) is 0 Å². The Bertz CT molecular complexity index is 700. The van der Waals surface area contributed by atoms with E-state index in [0.717, 1.165) is 16.2 Å². The van der Waals surface area contributed by atoms with Crippen molar-refractivity contribution in [2.45, 2.75) is 6.10 Å². The predicted octanol–water partition coefficient (Wildman–Crippen LogP) is 3.06. The van der Waals surface area contributed by atoms with Crippen molar-refractivity contribution in [1.29, 1.82) is 0 Å². The molecule has 3 rings (SSSR count). The van der Waals surface area contributed by atoms with Crippen molar-refractivity contribution in [3.63, 3.8) is 0 Å². The van der Waals surface area contributed by atoms with Crippen LogP contribution in [-0.2, 0) is 0 Å². The van der Waals surface area contributed by atoms with E-state index in [1.54, 1.807) is 12.3 Å². The van der Waals surface area contributed by atoms with Crippen LogP contribution in [0.4, 0.5) is 0 Å². The van der Waals surface area contributed by atoms with Crippen molar-refractivity contribution in [3.05, 3.63) is 58.9 Å². The molecule has 0 saturated carbocycles. The highest BCUT2D eigenvalue weighted by atomic mass is 32.1. The number of carbonyl (C=O) groups is 1. The minimum atomic E-state index is -0.755. The Hall–Kier alpha value is -2.31. The fraction of sp³-hybridized carbons (Fsp3) is 0.133. The molecule has 6 heteroatoms. The second-order valence-electron chi connectivity index (χ2n) is 4.45. The van der Waals surface area contributed by atoms with Crippen LogP contribution in [0.3, 0.4) is 0 Å². The van der Waals surface area contributed by atoms with Gasteiger partial charge in [0.1, 0.15) is 18.1 Å². The van der Waals surface area contributed by atoms with Gasteiger partial charge in [-0.2, -0.15) is 0 Å². The van der Waals surface area contributed by atoms with Crippen molar-refractivity contribution in [2.75, 3.05) is 6.54 Å². The molecule has 0 spiro atoms. The number of nitrogens with one attached hydrogen (secondary N) is 1. The first-order chi connectivity index (χ1) is 10.2. The summed E-state index contributed by atoms with van der Waals surface area (Å²) in [6, 6.07) is 7.10. The van der Waals surface area contributed by atoms with E-state index in [0.29, 0.717) is 5.56 Å². The van der Waals surface area contributed by atoms with Gasteiger partial charge in [0.2, 0.25) is 0 Å². The number of carbonyl (C=O) groups excluding carboxylic acids is 1. The van der Waals surface area contributed by atoms with Crippen LogP contribution in [0.15, 0.2) is 57.3 Å². The third-order valence-electron chi connectivity index (χ3n) is 2.99. The van der Waals surface area contributed by atoms with Crippen LogP contribution in [0.25, 0.3) is 11.3 Å². The first-order valence-electron chi connectivity index (χ1n) is 6.35. The summed E-state index contributed by atoms with van der Waals surface area (Å²) < 4.78 is 10.1. The average molecular weight is 303 g/mol. The smallest absolute Gasteiger partial charge is 0.254 e. The number of aliphatic hydroxyl groups excluding tert-OH is 1. The lowest BCUT2D eigenvalue weighted by Crippen LogP contribution is -2.27. The third-order valence-corrected chi connectivity index (χ3v) is 4.03. The predicted molar refractivity (Wildman–Crippen MR) is 78.0 cm³/mol. The van der Waals surface area contributed by atoms with E-state index in [1.807, 2.05) is 23.6 Å². The molecule has 108 valence electrons. The molecular weight excluding hydrogens is 290 g/mol. The van der Waals surface area contributed by atoms with Gasteiger partial charge in [0.05, 0.1) is 18.1 Å². The molecule has 3 aromatic heterocycles. The highest BCUT2D eigenvalue weighted by Gasteiger charge is 2.14. The fourth-order valence-corrected chi connectivity index (χ4v) is 2.77. The van der Waals surface area contributed by atoms with E-state index in [1.165, 1.54) is 23.9 Å². The summed E-state index contributed by atoms with van der Waals surface area (Å²) in [7, 11) is 0. The number of furan rings is 2. The molecule has 0 saturated heterocycles. The van der Waals surface area contributed by atoms with E-state index in [4.69, 9.17) is 8.83 Å². The van der Waals surface area contributed by atoms with Crippen molar-refractivity contribution in [3.8, 4) is 11.3 Å². The summed E-state index contributed by atoms with van der Waals surface area (Å²) in [5.74, 6) is 0.484. The molecule has 0 radical (unpaired) electrons. The molecule has 0 fully saturated rings. The molecule has 0 aliphatic rings. The SMILES string of the molecule is O=C(NCC(O)c1cc(-c2ccco2)cs1)c1ccoc1. The Balaban J connectivity index is 1.61. The summed E-state index contributed by atoms with van der Waals surface area (Å²) in [5.41, 5.74) is 1.35. The van der Waals surface area contributed by atoms with Gasteiger partial charge >= 0.3 is 0 Å². The van der Waals surface area contributed by atoms with Crippen molar-refractivity contribution < 1.29 is 18.7 Å². The van der Waals surface area contributed by atoms with E-state index >= 15 is 0 Å². The van der Waals surface area contributed by atoms with Gasteiger partial charge in [-0.25, -0.2) is 0 Å². The molecule has 0 aliphatic carbocycles. The number of amides is 1. The lowest BCUT2D eigenvalue weighted by Gasteiger charge is -2.09.